The molecule has 131 heavy (non-hydrogen) atoms. The van der Waals surface area contributed by atoms with Crippen LogP contribution in [0.15, 0.2) is 195 Å². The molecule has 11 N–H and O–H groups in total. The number of Topliss-reactive ketones (excluding diaryl/α,β-unsaturated/α-hetero) is 2. The van der Waals surface area contributed by atoms with Crippen molar-refractivity contribution in [3.8, 4) is 0 Å². The van der Waals surface area contributed by atoms with Gasteiger partial charge in [0.2, 0.25) is 6.26 Å². The van der Waals surface area contributed by atoms with E-state index in [2.05, 4.69) is 81.3 Å². The number of fused-ring (bicyclic) bond motifs is 4. The predicted molar refractivity (Wildman–Crippen MR) is 503 cm³/mol. The van der Waals surface area contributed by atoms with Gasteiger partial charge in [0.05, 0.1) is 18.0 Å². The van der Waals surface area contributed by atoms with Crippen LogP contribution in [0.4, 0.5) is 73.1 Å². The van der Waals surface area contributed by atoms with Crippen molar-refractivity contribution in [3.63, 3.8) is 0 Å². The number of carboxylic acids is 1. The molecule has 692 valence electrons. The third-order valence-electron chi connectivity index (χ3n) is 20.4. The van der Waals surface area contributed by atoms with Crippen molar-refractivity contribution >= 4 is 137 Å². The molecule has 4 aromatic heterocycles. The molecule has 4 aliphatic heterocycles. The molecule has 4 saturated heterocycles. The van der Waals surface area contributed by atoms with Gasteiger partial charge in [-0.1, -0.05) is 86.6 Å². The van der Waals surface area contributed by atoms with Gasteiger partial charge in [0.1, 0.15) is 40.9 Å². The second-order valence-corrected chi connectivity index (χ2v) is 33.4. The molecule has 0 saturated carbocycles. The van der Waals surface area contributed by atoms with Gasteiger partial charge in [0.15, 0.2) is 11.6 Å². The van der Waals surface area contributed by atoms with Crippen molar-refractivity contribution in [2.45, 2.75) is 119 Å². The Morgan fingerprint density at radius 3 is 0.954 bits per heavy atom. The molecule has 8 heterocycles. The smallest absolute Gasteiger partial charge is 0.870 e. The van der Waals surface area contributed by atoms with Gasteiger partial charge in [-0.05, 0) is 199 Å². The Hall–Kier alpha value is -13.0. The normalized spacial score (nSPS) is 13.9. The number of carboxylic acid groups (broad SMARTS) is 1. The third-order valence-corrected chi connectivity index (χ3v) is 20.4. The molecular weight excluding hydrogens is 1690 g/mol. The number of ether oxygens (including phenoxy) is 4. The first kappa shape index (κ1) is 103. The Kier molecular flexibility index (Phi) is 38.4. The monoisotopic (exact) mass is 1810 g/mol. The topological polar surface area (TPSA) is 414 Å². The van der Waals surface area contributed by atoms with Crippen LogP contribution in [-0.4, -0.2) is 228 Å². The van der Waals surface area contributed by atoms with E-state index in [0.717, 1.165) is 124 Å². The summed E-state index contributed by atoms with van der Waals surface area (Å²) in [5.74, 6) is -1.52. The Balaban J connectivity index is 0.000000226. The van der Waals surface area contributed by atoms with E-state index in [-0.39, 0.29) is 83.4 Å². The largest absolute Gasteiger partial charge is 1.00 e. The molecule has 34 heteroatoms. The van der Waals surface area contributed by atoms with Gasteiger partial charge in [0, 0.05) is 198 Å². The number of carbonyl (C=O) groups excluding carboxylic acids is 7. The molecule has 0 radical (unpaired) electrons. The average molecular weight is 1810 g/mol. The van der Waals surface area contributed by atoms with E-state index in [4.69, 9.17) is 53.2 Å². The number of nitrogen functional groups attached to an aromatic ring is 4. The summed E-state index contributed by atoms with van der Waals surface area (Å²) in [7, 11) is 0. The number of benzene rings is 7. The Labute approximate surface area is 785 Å². The van der Waals surface area contributed by atoms with Crippen LogP contribution in [0.2, 0.25) is 0 Å². The van der Waals surface area contributed by atoms with Crippen LogP contribution >= 0.6 is 0 Å². The van der Waals surface area contributed by atoms with Crippen LogP contribution in [-0.2, 0) is 36.6 Å². The first-order valence-electron chi connectivity index (χ1n) is 43.2. The number of para-hydroxylation sites is 4. The minimum atomic E-state index is -4.97. The number of hydrogen-bond donors (Lipinski definition) is 6. The van der Waals surface area contributed by atoms with E-state index in [1.165, 1.54) is 5.69 Å². The molecule has 0 aliphatic carbocycles. The third kappa shape index (κ3) is 32.3. The molecule has 7 aromatic carbocycles. The number of aromatic carboxylic acids is 1. The van der Waals surface area contributed by atoms with Crippen molar-refractivity contribution in [1.82, 2.24) is 40.0 Å². The number of halogens is 3. The number of carbonyl (C=O) groups is 8. The zero-order valence-corrected chi connectivity index (χ0v) is 78.6. The number of amides is 3. The first-order chi connectivity index (χ1) is 61.6. The first-order valence-corrected chi connectivity index (χ1v) is 42.7. The van der Waals surface area contributed by atoms with E-state index in [1.807, 2.05) is 179 Å². The average Bonchev–Trinajstić information content (AvgIpc) is 0.817. The number of piperazine rings is 4. The second-order valence-electron chi connectivity index (χ2n) is 33.4. The molecule has 3 amide bonds. The number of anilines is 8. The molecule has 0 bridgehead atoms. The fourth-order valence-corrected chi connectivity index (χ4v) is 13.8. The fourth-order valence-electron chi connectivity index (χ4n) is 13.8. The summed E-state index contributed by atoms with van der Waals surface area (Å²) in [4.78, 5) is 125. The zero-order valence-electron chi connectivity index (χ0n) is 77.6. The number of nitrogens with zero attached hydrogens (tertiary/aromatic N) is 11. The summed E-state index contributed by atoms with van der Waals surface area (Å²) < 4.78 is 58.7. The van der Waals surface area contributed by atoms with Gasteiger partial charge in [-0.3, -0.25) is 24.4 Å². The molecule has 0 spiro atoms. The molecule has 4 fully saturated rings. The van der Waals surface area contributed by atoms with Crippen LogP contribution < -0.4 is 77.4 Å². The number of esters is 1. The Bertz CT molecular complexity index is 5750. The maximum Gasteiger partial charge on any atom is 1.00 e. The minimum Gasteiger partial charge on any atom is -0.870 e. The number of nitrogens with one attached hydrogen (secondary N) is 1. The van der Waals surface area contributed by atoms with Gasteiger partial charge in [-0.25, -0.2) is 33.9 Å². The van der Waals surface area contributed by atoms with Gasteiger partial charge in [-0.2, -0.15) is 13.2 Å². The van der Waals surface area contributed by atoms with E-state index in [9.17, 15) is 46.7 Å². The number of alkyl halides is 3. The van der Waals surface area contributed by atoms with Crippen LogP contribution in [0.5, 0.6) is 0 Å². The molecule has 15 rings (SSSR count). The number of rotatable bonds is 13. The van der Waals surface area contributed by atoms with Crippen LogP contribution in [0.25, 0.3) is 43.1 Å². The maximum atomic E-state index is 12.7. The van der Waals surface area contributed by atoms with Crippen molar-refractivity contribution in [1.29, 1.82) is 0 Å². The molecule has 30 nitrogen and oxygen atoms in total. The summed E-state index contributed by atoms with van der Waals surface area (Å²) in [5.41, 5.74) is 31.1. The quantitative estimate of drug-likeness (QED) is 0.0156. The SMILES string of the molecule is CC.CC(C)(C)OC(=O)N1CCN(c2ccc3cc(C(=O)Cc4ccccc4N)ncc3c2)CC1.CC(C)(C)OC(=O)N1CCN(c2ccc3cc(C(=O)O)ncc3c2)CC1.CCOC(=O)c1cc2ccc(N3CCN(C(=O)OC(C)(C)C)CC3)cc2cn1.Nc1ccccc1CC(=O)c1cc2ccc(N3CCNCC3)cc2cn1.Nc1ccccc1N.[2H]C(=O)C(F)(F)F.[Na+].[OH-]. The Morgan fingerprint density at radius 1 is 0.412 bits per heavy atom. The van der Waals surface area contributed by atoms with E-state index in [1.54, 1.807) is 76.7 Å². The van der Waals surface area contributed by atoms with Crippen molar-refractivity contribution in [2.24, 2.45) is 0 Å². The van der Waals surface area contributed by atoms with Gasteiger partial charge < -0.3 is 92.1 Å². The van der Waals surface area contributed by atoms with Crippen molar-refractivity contribution < 1.29 is 112 Å². The summed E-state index contributed by atoms with van der Waals surface area (Å²) >= 11 is 0. The summed E-state index contributed by atoms with van der Waals surface area (Å²) in [6.45, 7) is 35.0. The molecular formula is C97H118F3N16NaO14. The minimum absolute atomic E-state index is 0. The fraction of sp³-hybridized carbons (Fsp3) is 0.361. The zero-order chi connectivity index (χ0) is 94.8. The number of aromatic nitrogens is 4. The molecule has 4 aliphatic rings. The van der Waals surface area contributed by atoms with Crippen LogP contribution in [0, 0.1) is 0 Å². The predicted octanol–water partition coefficient (Wildman–Crippen LogP) is 12.9. The second kappa shape index (κ2) is 48.6. The maximum absolute atomic E-state index is 12.7. The Morgan fingerprint density at radius 2 is 0.679 bits per heavy atom. The molecule has 11 aromatic rings. The van der Waals surface area contributed by atoms with Gasteiger partial charge >= 0.3 is 66.0 Å². The van der Waals surface area contributed by atoms with Crippen molar-refractivity contribution in [2.75, 3.05) is 154 Å². The molecule has 0 unspecified atom stereocenters. The van der Waals surface area contributed by atoms with Gasteiger partial charge in [0.25, 0.3) is 0 Å². The number of pyridine rings is 4. The summed E-state index contributed by atoms with van der Waals surface area (Å²) in [6, 6.07) is 53.5. The number of nitrogens with two attached hydrogens (primary N) is 4. The summed E-state index contributed by atoms with van der Waals surface area (Å²) in [6.07, 6.45) is -0.967. The van der Waals surface area contributed by atoms with E-state index < -0.39 is 41.2 Å². The summed E-state index contributed by atoms with van der Waals surface area (Å²) in [5, 5.41) is 20.0. The van der Waals surface area contributed by atoms with Crippen LogP contribution in [0.3, 0.4) is 0 Å². The molecule has 0 atom stereocenters. The van der Waals surface area contributed by atoms with E-state index in [0.29, 0.717) is 98.8 Å². The standard InChI is InChI=1S/C26H30N4O3.C21H22N4O.C21H27N3O4.C19H23N3O4.C6H8N2.C2HF3O.C2H6.Na.H2O/c1-26(2,3)33-25(32)30-12-10-29(11-13-30)21-9-8-18-15-23(28-17-20(18)14-21)24(31)16-19-6-4-5-7-22(19)27;22-19-4-2-1-3-16(19)13-21(26)20-12-15-5-6-18(11-17(15)14-24-20)25-9-7-23-8-10-25;1-5-27-19(25)18-13-15-6-7-17(12-16(15)14-22-18)23-8-10-24(11-9-23)20(26)28-21(2,3)4;1-19(2,3)26-18(25)22-8-6-21(7-9-22)15-5-4-13-11-16(17(23)24)20-12-14(13)10-15;7-5-3-1-2-4-6(5)8;3-2(4,5)1-6;1-2;;/h4-9,14-15,17H,10-13,16,27H2,1-3H3;1-6,11-12,14,23H,7-10,13,22H2;6-7,12-14H,5,8-11H2,1-4H3;4-5,10-12H,6-9H2,1-3H3,(H,23,24);1-4H,7-8H2;1H;1-2H3;;1H2/q;;;;;;;+1;/p-1/i;;;;;1D;;;. The number of hydrogen-bond acceptors (Lipinski definition) is 26. The number of aldehydes is 1. The van der Waals surface area contributed by atoms with Gasteiger partial charge in [-0.15, -0.1) is 0 Å². The van der Waals surface area contributed by atoms with E-state index >= 15 is 0 Å². The van der Waals surface area contributed by atoms with Crippen LogP contribution in [0.1, 0.15) is 138 Å². The number of ketones is 2. The van der Waals surface area contributed by atoms with Crippen molar-refractivity contribution in [3.05, 3.63) is 229 Å².